The van der Waals surface area contributed by atoms with Crippen LogP contribution in [0.3, 0.4) is 0 Å². The van der Waals surface area contributed by atoms with Crippen LogP contribution in [0.5, 0.6) is 0 Å². The maximum Gasteiger partial charge on any atom is 0.335 e. The average molecular weight is 380 g/mol. The van der Waals surface area contributed by atoms with Gasteiger partial charge in [0.25, 0.3) is 0 Å². The van der Waals surface area contributed by atoms with E-state index >= 15 is 0 Å². The molecule has 3 rings (SSSR count). The first-order valence-corrected chi connectivity index (χ1v) is 8.73. The van der Waals surface area contributed by atoms with Crippen molar-refractivity contribution in [3.05, 3.63) is 71.3 Å². The van der Waals surface area contributed by atoms with Crippen LogP contribution in [0, 0.1) is 0 Å². The van der Waals surface area contributed by atoms with Gasteiger partial charge in [0.1, 0.15) is 11.4 Å². The van der Waals surface area contributed by atoms with E-state index in [1.54, 1.807) is 44.4 Å². The van der Waals surface area contributed by atoms with Crippen LogP contribution in [0.1, 0.15) is 55.7 Å². The van der Waals surface area contributed by atoms with E-state index in [4.69, 9.17) is 0 Å². The third-order valence-corrected chi connectivity index (χ3v) is 4.71. The maximum atomic E-state index is 12.8. The Morgan fingerprint density at radius 3 is 1.82 bits per heavy atom. The topological polar surface area (TPSA) is 107 Å². The van der Waals surface area contributed by atoms with Gasteiger partial charge in [-0.1, -0.05) is 18.2 Å². The Bertz CT molecular complexity index is 980. The van der Waals surface area contributed by atoms with E-state index in [1.807, 2.05) is 0 Å². The Kier molecular flexibility index (Phi) is 5.49. The first kappa shape index (κ1) is 19.2. The molecule has 0 aliphatic rings. The summed E-state index contributed by atoms with van der Waals surface area (Å²) in [5.74, 6) is -2.09. The number of benzene rings is 1. The van der Waals surface area contributed by atoms with Crippen LogP contribution in [0.15, 0.2) is 48.8 Å². The summed E-state index contributed by atoms with van der Waals surface area (Å²) in [7, 11) is 3.32. The summed E-state index contributed by atoms with van der Waals surface area (Å²) in [5, 5.41) is 17.5. The first-order valence-electron chi connectivity index (χ1n) is 8.73. The molecule has 0 fully saturated rings. The van der Waals surface area contributed by atoms with Gasteiger partial charge >= 0.3 is 5.97 Å². The smallest absolute Gasteiger partial charge is 0.335 e. The molecule has 144 valence electrons. The van der Waals surface area contributed by atoms with Crippen molar-refractivity contribution < 1.29 is 19.5 Å². The number of rotatable bonds is 8. The minimum absolute atomic E-state index is 0.00653. The van der Waals surface area contributed by atoms with E-state index in [9.17, 15) is 19.5 Å². The normalized spacial score (nSPS) is 11.0. The first-order chi connectivity index (χ1) is 13.4. The Labute approximate surface area is 161 Å². The van der Waals surface area contributed by atoms with Gasteiger partial charge in [-0.25, -0.2) is 4.79 Å². The fraction of sp³-hybridized carbons (Fsp3) is 0.250. The number of aromatic nitrogens is 4. The summed E-state index contributed by atoms with van der Waals surface area (Å²) in [6.07, 6.45) is 3.03. The number of hydrogen-bond acceptors (Lipinski definition) is 5. The van der Waals surface area contributed by atoms with Gasteiger partial charge in [-0.2, -0.15) is 10.2 Å². The van der Waals surface area contributed by atoms with Crippen LogP contribution in [0.25, 0.3) is 0 Å². The highest BCUT2D eigenvalue weighted by atomic mass is 16.4. The van der Waals surface area contributed by atoms with Gasteiger partial charge in [0.2, 0.25) is 0 Å². The van der Waals surface area contributed by atoms with Gasteiger partial charge in [0, 0.05) is 39.3 Å². The van der Waals surface area contributed by atoms with Crippen LogP contribution in [-0.4, -0.2) is 42.2 Å². The van der Waals surface area contributed by atoms with Crippen molar-refractivity contribution in [2.45, 2.75) is 18.8 Å². The molecule has 8 nitrogen and oxygen atoms in total. The molecule has 1 N–H and O–H groups in total. The summed E-state index contributed by atoms with van der Waals surface area (Å²) >= 11 is 0. The number of aromatic carboxylic acids is 1. The molecule has 0 saturated carbocycles. The van der Waals surface area contributed by atoms with Crippen molar-refractivity contribution >= 4 is 17.5 Å². The highest BCUT2D eigenvalue weighted by Gasteiger charge is 2.26. The van der Waals surface area contributed by atoms with Gasteiger partial charge in [-0.15, -0.1) is 0 Å². The lowest BCUT2D eigenvalue weighted by atomic mass is 9.85. The van der Waals surface area contributed by atoms with Crippen LogP contribution in [-0.2, 0) is 14.1 Å². The van der Waals surface area contributed by atoms with Crippen LogP contribution < -0.4 is 0 Å². The number of carbonyl (C=O) groups excluding carboxylic acids is 2. The standard InChI is InChI=1S/C20H20N4O4/c1-23-16(7-9-21-23)18(25)11-13(12-19(26)17-8-10-22-24(17)2)14-5-3-4-6-15(14)20(27)28/h3-10,13H,11-12H2,1-2H3,(H,27,28). The average Bonchev–Trinajstić information content (AvgIpc) is 3.29. The minimum atomic E-state index is -1.10. The molecule has 0 unspecified atom stereocenters. The van der Waals surface area contributed by atoms with Crippen LogP contribution >= 0.6 is 0 Å². The maximum absolute atomic E-state index is 12.8. The molecule has 28 heavy (non-hydrogen) atoms. The molecule has 0 radical (unpaired) electrons. The zero-order chi connectivity index (χ0) is 20.3. The van der Waals surface area contributed by atoms with Crippen molar-refractivity contribution in [2.24, 2.45) is 14.1 Å². The second-order valence-electron chi connectivity index (χ2n) is 6.52. The third kappa shape index (κ3) is 3.90. The van der Waals surface area contributed by atoms with Crippen LogP contribution in [0.2, 0.25) is 0 Å². The molecular formula is C20H20N4O4. The molecule has 0 amide bonds. The number of carbonyl (C=O) groups is 3. The number of nitrogens with zero attached hydrogens (tertiary/aromatic N) is 4. The molecule has 0 bridgehead atoms. The fourth-order valence-electron chi connectivity index (χ4n) is 3.29. The Hall–Kier alpha value is -3.55. The monoisotopic (exact) mass is 380 g/mol. The number of hydrogen-bond donors (Lipinski definition) is 1. The molecular weight excluding hydrogens is 360 g/mol. The number of aryl methyl sites for hydroxylation is 2. The van der Waals surface area contributed by atoms with E-state index in [-0.39, 0.29) is 30.0 Å². The van der Waals surface area contributed by atoms with E-state index < -0.39 is 11.9 Å². The number of ketones is 2. The molecule has 0 aliphatic carbocycles. The quantitative estimate of drug-likeness (QED) is 0.602. The predicted octanol–water partition coefficient (Wildman–Crippen LogP) is 2.48. The summed E-state index contributed by atoms with van der Waals surface area (Å²) in [4.78, 5) is 37.2. The zero-order valence-corrected chi connectivity index (χ0v) is 15.6. The lowest BCUT2D eigenvalue weighted by Gasteiger charge is -2.18. The number of Topliss-reactive ketones (excluding diaryl/α,β-unsaturated/α-hetero) is 2. The van der Waals surface area contributed by atoms with Gasteiger partial charge in [0.15, 0.2) is 11.6 Å². The molecule has 0 aliphatic heterocycles. The highest BCUT2D eigenvalue weighted by Crippen LogP contribution is 2.30. The summed E-state index contributed by atoms with van der Waals surface area (Å²) in [6.45, 7) is 0. The molecule has 8 heteroatoms. The molecule has 2 heterocycles. The fourth-order valence-corrected chi connectivity index (χ4v) is 3.29. The lowest BCUT2D eigenvalue weighted by Crippen LogP contribution is -2.18. The Morgan fingerprint density at radius 1 is 0.893 bits per heavy atom. The summed E-state index contributed by atoms with van der Waals surface area (Å²) in [6, 6.07) is 9.67. The molecule has 2 aromatic heterocycles. The van der Waals surface area contributed by atoms with E-state index in [1.165, 1.54) is 27.8 Å². The summed E-state index contributed by atoms with van der Waals surface area (Å²) in [5.41, 5.74) is 1.36. The van der Waals surface area contributed by atoms with Gasteiger partial charge < -0.3 is 5.11 Å². The van der Waals surface area contributed by atoms with Crippen LogP contribution in [0.4, 0.5) is 0 Å². The zero-order valence-electron chi connectivity index (χ0n) is 15.6. The highest BCUT2D eigenvalue weighted by molar-refractivity contribution is 5.98. The molecule has 3 aromatic rings. The Morgan fingerprint density at radius 2 is 1.39 bits per heavy atom. The number of carboxylic acid groups (broad SMARTS) is 1. The second kappa shape index (κ2) is 7.99. The van der Waals surface area contributed by atoms with Crippen molar-refractivity contribution in [3.8, 4) is 0 Å². The SMILES string of the molecule is Cn1nccc1C(=O)CC(CC(=O)c1ccnn1C)c1ccccc1C(=O)O. The van der Waals surface area contributed by atoms with Gasteiger partial charge in [0.05, 0.1) is 5.56 Å². The van der Waals surface area contributed by atoms with E-state index in [0.29, 0.717) is 17.0 Å². The van der Waals surface area contributed by atoms with E-state index in [2.05, 4.69) is 10.2 Å². The second-order valence-corrected chi connectivity index (χ2v) is 6.52. The predicted molar refractivity (Wildman–Crippen MR) is 100 cm³/mol. The van der Waals surface area contributed by atoms with Crippen molar-refractivity contribution in [1.29, 1.82) is 0 Å². The minimum Gasteiger partial charge on any atom is -0.478 e. The molecule has 0 atom stereocenters. The molecule has 0 spiro atoms. The molecule has 1 aromatic carbocycles. The summed E-state index contributed by atoms with van der Waals surface area (Å²) < 4.78 is 2.93. The van der Waals surface area contributed by atoms with E-state index in [0.717, 1.165) is 0 Å². The number of carboxylic acids is 1. The van der Waals surface area contributed by atoms with Crippen molar-refractivity contribution in [1.82, 2.24) is 19.6 Å². The largest absolute Gasteiger partial charge is 0.478 e. The van der Waals surface area contributed by atoms with Crippen molar-refractivity contribution in [2.75, 3.05) is 0 Å². The Balaban J connectivity index is 1.95. The third-order valence-electron chi connectivity index (χ3n) is 4.71. The van der Waals surface area contributed by atoms with Crippen molar-refractivity contribution in [3.63, 3.8) is 0 Å². The lowest BCUT2D eigenvalue weighted by molar-refractivity contribution is 0.0692. The van der Waals surface area contributed by atoms with Gasteiger partial charge in [-0.05, 0) is 29.7 Å². The van der Waals surface area contributed by atoms with Gasteiger partial charge in [-0.3, -0.25) is 19.0 Å². The molecule has 0 saturated heterocycles.